The van der Waals surface area contributed by atoms with Crippen molar-refractivity contribution in [2.75, 3.05) is 6.54 Å². The third-order valence-electron chi connectivity index (χ3n) is 3.43. The second-order valence-electron chi connectivity index (χ2n) is 4.65. The molecule has 0 aromatic carbocycles. The topological polar surface area (TPSA) is 104 Å². The molecule has 100 valence electrons. The number of rotatable bonds is 4. The number of hydrogen-bond donors (Lipinski definition) is 3. The zero-order valence-corrected chi connectivity index (χ0v) is 11.1. The summed E-state index contributed by atoms with van der Waals surface area (Å²) in [5, 5.41) is 0. The molecule has 6 nitrogen and oxygen atoms in total. The normalized spacial score (nSPS) is 24.8. The van der Waals surface area contributed by atoms with E-state index in [1.165, 1.54) is 4.90 Å². The van der Waals surface area contributed by atoms with Crippen molar-refractivity contribution in [3.63, 3.8) is 0 Å². The van der Waals surface area contributed by atoms with E-state index in [0.29, 0.717) is 19.4 Å². The highest BCUT2D eigenvalue weighted by atomic mass is 31.2. The Kier molecular flexibility index (Phi) is 4.72. The van der Waals surface area contributed by atoms with Crippen LogP contribution in [-0.2, 0) is 9.36 Å². The zero-order valence-electron chi connectivity index (χ0n) is 10.2. The fourth-order valence-electron chi connectivity index (χ4n) is 2.04. The summed E-state index contributed by atoms with van der Waals surface area (Å²) in [6.45, 7) is 4.19. The summed E-state index contributed by atoms with van der Waals surface area (Å²) in [6, 6.07) is -0.674. The third-order valence-corrected chi connectivity index (χ3v) is 4.75. The Morgan fingerprint density at radius 2 is 2.18 bits per heavy atom. The molecule has 1 fully saturated rings. The van der Waals surface area contributed by atoms with E-state index >= 15 is 0 Å². The number of amides is 1. The van der Waals surface area contributed by atoms with Crippen molar-refractivity contribution in [1.29, 1.82) is 0 Å². The number of carbonyl (C=O) groups is 1. The molecule has 1 amide bonds. The molecule has 1 rings (SSSR count). The molecule has 0 radical (unpaired) electrons. The number of hydrogen-bond acceptors (Lipinski definition) is 3. The van der Waals surface area contributed by atoms with Gasteiger partial charge in [-0.05, 0) is 18.8 Å². The van der Waals surface area contributed by atoms with Crippen molar-refractivity contribution < 1.29 is 19.1 Å². The molecule has 0 aliphatic carbocycles. The lowest BCUT2D eigenvalue weighted by molar-refractivity contribution is -0.133. The van der Waals surface area contributed by atoms with E-state index in [9.17, 15) is 19.1 Å². The monoisotopic (exact) mass is 264 g/mol. The molecule has 0 spiro atoms. The maximum atomic E-state index is 12.1. The van der Waals surface area contributed by atoms with Crippen LogP contribution in [0.5, 0.6) is 0 Å². The molecule has 1 heterocycles. The van der Waals surface area contributed by atoms with Crippen LogP contribution in [0.4, 0.5) is 0 Å². The predicted molar refractivity (Wildman–Crippen MR) is 64.2 cm³/mol. The fraction of sp³-hybridized carbons (Fsp3) is 0.900. The molecule has 0 aromatic rings. The van der Waals surface area contributed by atoms with Gasteiger partial charge < -0.3 is 20.4 Å². The van der Waals surface area contributed by atoms with E-state index in [2.05, 4.69) is 0 Å². The zero-order chi connectivity index (χ0) is 13.2. The average Bonchev–Trinajstić information content (AvgIpc) is 2.74. The van der Waals surface area contributed by atoms with Crippen LogP contribution < -0.4 is 5.73 Å². The van der Waals surface area contributed by atoms with Gasteiger partial charge in [0, 0.05) is 6.54 Å². The van der Waals surface area contributed by atoms with E-state index in [0.717, 1.165) is 6.42 Å². The van der Waals surface area contributed by atoms with Crippen molar-refractivity contribution in [3.8, 4) is 0 Å². The molecule has 1 aliphatic heterocycles. The number of likely N-dealkylation sites (tertiary alicyclic amines) is 1. The second kappa shape index (κ2) is 5.48. The first-order valence-corrected chi connectivity index (χ1v) is 7.58. The summed E-state index contributed by atoms with van der Waals surface area (Å²) >= 11 is 0. The van der Waals surface area contributed by atoms with Gasteiger partial charge in [-0.1, -0.05) is 20.3 Å². The van der Waals surface area contributed by atoms with E-state index < -0.39 is 19.4 Å². The maximum Gasteiger partial charge on any atom is 0.347 e. The first kappa shape index (κ1) is 14.6. The van der Waals surface area contributed by atoms with Crippen LogP contribution in [0.15, 0.2) is 0 Å². The Balaban J connectivity index is 2.78. The molecular formula is C10H21N2O4P. The van der Waals surface area contributed by atoms with Crippen LogP contribution in [-0.4, -0.2) is 39.0 Å². The summed E-state index contributed by atoms with van der Waals surface area (Å²) < 4.78 is 11.3. The molecule has 1 saturated heterocycles. The van der Waals surface area contributed by atoms with Gasteiger partial charge in [-0.25, -0.2) is 0 Å². The van der Waals surface area contributed by atoms with Crippen molar-refractivity contribution in [2.24, 2.45) is 11.7 Å². The highest BCUT2D eigenvalue weighted by molar-refractivity contribution is 7.52. The average molecular weight is 264 g/mol. The Morgan fingerprint density at radius 3 is 2.65 bits per heavy atom. The number of nitrogens with two attached hydrogens (primary N) is 1. The molecule has 0 unspecified atom stereocenters. The lowest BCUT2D eigenvalue weighted by Crippen LogP contribution is -2.48. The van der Waals surface area contributed by atoms with Crippen LogP contribution in [0.3, 0.4) is 0 Å². The smallest absolute Gasteiger partial charge is 0.327 e. The molecule has 0 aromatic heterocycles. The second-order valence-corrected chi connectivity index (χ2v) is 6.43. The minimum absolute atomic E-state index is 0.0144. The Morgan fingerprint density at radius 1 is 1.59 bits per heavy atom. The van der Waals surface area contributed by atoms with Gasteiger partial charge in [-0.2, -0.15) is 0 Å². The van der Waals surface area contributed by atoms with Crippen LogP contribution in [0, 0.1) is 5.92 Å². The van der Waals surface area contributed by atoms with Gasteiger partial charge in [-0.3, -0.25) is 9.36 Å². The van der Waals surface area contributed by atoms with Crippen molar-refractivity contribution >= 4 is 13.5 Å². The Labute approximate surface area is 101 Å². The maximum absolute atomic E-state index is 12.1. The molecule has 1 aliphatic rings. The molecule has 17 heavy (non-hydrogen) atoms. The first-order valence-electron chi connectivity index (χ1n) is 5.90. The van der Waals surface area contributed by atoms with Crippen molar-refractivity contribution in [3.05, 3.63) is 0 Å². The Bertz CT molecular complexity index is 330. The van der Waals surface area contributed by atoms with E-state index in [1.54, 1.807) is 0 Å². The highest BCUT2D eigenvalue weighted by Crippen LogP contribution is 2.48. The summed E-state index contributed by atoms with van der Waals surface area (Å²) in [5.74, 6) is -1.31. The molecule has 0 saturated carbocycles. The lowest BCUT2D eigenvalue weighted by Gasteiger charge is -2.29. The molecule has 3 atom stereocenters. The molecular weight excluding hydrogens is 243 g/mol. The summed E-state index contributed by atoms with van der Waals surface area (Å²) in [4.78, 5) is 31.7. The summed E-state index contributed by atoms with van der Waals surface area (Å²) in [7, 11) is -4.25. The van der Waals surface area contributed by atoms with Crippen molar-refractivity contribution in [2.45, 2.75) is 44.9 Å². The van der Waals surface area contributed by atoms with Gasteiger partial charge in [0.25, 0.3) is 0 Å². The largest absolute Gasteiger partial charge is 0.347 e. The van der Waals surface area contributed by atoms with Gasteiger partial charge in [0.05, 0.1) is 6.04 Å². The quantitative estimate of drug-likeness (QED) is 0.641. The summed E-state index contributed by atoms with van der Waals surface area (Å²) in [6.07, 6.45) is 1.74. The highest BCUT2D eigenvalue weighted by Gasteiger charge is 2.42. The number of nitrogens with zero attached hydrogens (tertiary/aromatic N) is 1. The minimum atomic E-state index is -4.25. The van der Waals surface area contributed by atoms with Crippen LogP contribution in [0.25, 0.3) is 0 Å². The molecule has 7 heteroatoms. The van der Waals surface area contributed by atoms with Gasteiger partial charge in [0.15, 0.2) is 0 Å². The van der Waals surface area contributed by atoms with Gasteiger partial charge in [-0.15, -0.1) is 0 Å². The van der Waals surface area contributed by atoms with Gasteiger partial charge in [0.1, 0.15) is 5.78 Å². The fourth-order valence-corrected chi connectivity index (χ4v) is 3.16. The van der Waals surface area contributed by atoms with Gasteiger partial charge >= 0.3 is 7.60 Å². The third kappa shape index (κ3) is 3.28. The van der Waals surface area contributed by atoms with Crippen molar-refractivity contribution in [1.82, 2.24) is 4.90 Å². The van der Waals surface area contributed by atoms with Gasteiger partial charge in [0.2, 0.25) is 5.91 Å². The summed E-state index contributed by atoms with van der Waals surface area (Å²) in [5.41, 5.74) is 5.81. The standard InChI is InChI=1S/C10H21N2O4P/c1-3-7(2)9(11)10(13)12-6-4-5-8(12)17(14,15)16/h7-9H,3-6,11H2,1-2H3,(H2,14,15,16)/t7-,8+,9-/m0/s1. The van der Waals surface area contributed by atoms with Crippen LogP contribution in [0.2, 0.25) is 0 Å². The lowest BCUT2D eigenvalue weighted by atomic mass is 9.99. The van der Waals surface area contributed by atoms with Crippen LogP contribution in [0.1, 0.15) is 33.1 Å². The van der Waals surface area contributed by atoms with E-state index in [-0.39, 0.29) is 11.8 Å². The van der Waals surface area contributed by atoms with E-state index in [4.69, 9.17) is 5.73 Å². The predicted octanol–water partition coefficient (Wildman–Crippen LogP) is 0.486. The molecule has 0 bridgehead atoms. The SMILES string of the molecule is CC[C@H](C)[C@H](N)C(=O)N1CCC[C@H]1P(=O)(O)O. The first-order chi connectivity index (χ1) is 7.79. The molecule has 4 N–H and O–H groups in total. The number of carbonyl (C=O) groups excluding carboxylic acids is 1. The Hall–Kier alpha value is -0.420. The van der Waals surface area contributed by atoms with E-state index in [1.807, 2.05) is 13.8 Å². The minimum Gasteiger partial charge on any atom is -0.327 e. The van der Waals surface area contributed by atoms with Crippen LogP contribution >= 0.6 is 7.60 Å².